The van der Waals surface area contributed by atoms with Gasteiger partial charge in [0.1, 0.15) is 11.7 Å². The first-order valence-corrected chi connectivity index (χ1v) is 13.6. The minimum Gasteiger partial charge on any atom is -0.382 e. The number of nitrogen functional groups attached to an aromatic ring is 1. The van der Waals surface area contributed by atoms with Crippen LogP contribution in [-0.4, -0.2) is 80.9 Å². The summed E-state index contributed by atoms with van der Waals surface area (Å²) in [5.41, 5.74) is 10.6. The number of pyridine rings is 1. The molecule has 2 saturated heterocycles. The van der Waals surface area contributed by atoms with Gasteiger partial charge in [0.25, 0.3) is 0 Å². The summed E-state index contributed by atoms with van der Waals surface area (Å²) >= 11 is 0. The number of fused-ring (bicyclic) bond motifs is 2. The summed E-state index contributed by atoms with van der Waals surface area (Å²) in [7, 11) is 0. The molecular weight excluding hydrogens is 528 g/mol. The highest BCUT2D eigenvalue weighted by Gasteiger charge is 2.36. The Hall–Kier alpha value is -3.32. The Bertz CT molecular complexity index is 1420. The van der Waals surface area contributed by atoms with Gasteiger partial charge < -0.3 is 15.8 Å². The van der Waals surface area contributed by atoms with Crippen molar-refractivity contribution in [2.45, 2.75) is 63.5 Å². The third-order valence-electron chi connectivity index (χ3n) is 8.13. The molecule has 0 radical (unpaired) electrons. The number of likely N-dealkylation sites (tertiary alicyclic amines) is 1. The van der Waals surface area contributed by atoms with Crippen LogP contribution in [0, 0.1) is 5.92 Å². The number of ether oxygens (including phenoxy) is 1. The molecule has 3 aromatic rings. The number of nitrogens with two attached hydrogens (primary N) is 1. The maximum atomic E-state index is 14.9. The molecule has 3 aliphatic heterocycles. The SMILES string of the molecule is CC1=Nc2ccc(-c3ccn4nc(N[C@H]5CCN(C6COC6)C[C@H]5F)nc(N)c34)nc2CC1CCCC(F)(F)F. The number of aliphatic imine (C=N–C) groups is 1. The summed E-state index contributed by atoms with van der Waals surface area (Å²) in [4.78, 5) is 16.0. The number of rotatable bonds is 7. The lowest BCUT2D eigenvalue weighted by atomic mass is 9.89. The Morgan fingerprint density at radius 3 is 2.73 bits per heavy atom. The van der Waals surface area contributed by atoms with E-state index in [-0.39, 0.29) is 24.1 Å². The molecular formula is C27H32F4N8O. The molecule has 6 heterocycles. The first-order valence-electron chi connectivity index (χ1n) is 13.6. The predicted octanol–water partition coefficient (Wildman–Crippen LogP) is 4.59. The summed E-state index contributed by atoms with van der Waals surface area (Å²) in [6.45, 7) is 4.29. The van der Waals surface area contributed by atoms with E-state index in [1.54, 1.807) is 10.7 Å². The van der Waals surface area contributed by atoms with Crippen LogP contribution in [0.3, 0.4) is 0 Å². The van der Waals surface area contributed by atoms with Crippen molar-refractivity contribution in [2.75, 3.05) is 37.4 Å². The Labute approximate surface area is 228 Å². The van der Waals surface area contributed by atoms with E-state index in [0.29, 0.717) is 56.3 Å². The molecule has 9 nitrogen and oxygen atoms in total. The Morgan fingerprint density at radius 1 is 1.18 bits per heavy atom. The highest BCUT2D eigenvalue weighted by atomic mass is 19.4. The molecule has 0 bridgehead atoms. The summed E-state index contributed by atoms with van der Waals surface area (Å²) in [6.07, 6.45) is -2.67. The van der Waals surface area contributed by atoms with Gasteiger partial charge in [-0.2, -0.15) is 18.2 Å². The van der Waals surface area contributed by atoms with Gasteiger partial charge in [0.05, 0.1) is 42.4 Å². The Balaban J connectivity index is 1.18. The zero-order valence-electron chi connectivity index (χ0n) is 22.2. The molecule has 0 amide bonds. The fraction of sp³-hybridized carbons (Fsp3) is 0.556. The topological polar surface area (TPSA) is 106 Å². The number of anilines is 2. The summed E-state index contributed by atoms with van der Waals surface area (Å²) < 4.78 is 59.7. The summed E-state index contributed by atoms with van der Waals surface area (Å²) in [5, 5.41) is 7.66. The highest BCUT2D eigenvalue weighted by Crippen LogP contribution is 2.35. The van der Waals surface area contributed by atoms with Gasteiger partial charge in [-0.3, -0.25) is 14.9 Å². The second kappa shape index (κ2) is 10.6. The molecule has 0 aromatic carbocycles. The van der Waals surface area contributed by atoms with Crippen LogP contribution >= 0.6 is 0 Å². The first-order chi connectivity index (χ1) is 19.1. The van der Waals surface area contributed by atoms with E-state index >= 15 is 0 Å². The number of hydrogen-bond donors (Lipinski definition) is 2. The molecule has 13 heteroatoms. The van der Waals surface area contributed by atoms with Crippen molar-refractivity contribution in [1.82, 2.24) is 24.5 Å². The van der Waals surface area contributed by atoms with Gasteiger partial charge in [0, 0.05) is 42.9 Å². The maximum Gasteiger partial charge on any atom is 0.389 e. The number of hydrogen-bond acceptors (Lipinski definition) is 8. The standard InChI is InChI=1S/C27H32F4N8O/c1-15-16(3-2-8-27(29,30)31)11-23-22(33-15)5-4-20(34-23)18-6-10-39-24(18)25(32)36-26(37-39)35-21-7-9-38(12-19(21)28)17-13-40-14-17/h4-6,10,16-17,19,21H,2-3,7-9,11-14H2,1H3,(H3,32,35,36,37)/t16?,19-,21+/m1/s1. The molecule has 0 saturated carbocycles. The van der Waals surface area contributed by atoms with Crippen LogP contribution in [0.4, 0.5) is 35.0 Å². The van der Waals surface area contributed by atoms with E-state index in [0.717, 1.165) is 29.2 Å². The van der Waals surface area contributed by atoms with Gasteiger partial charge in [0.2, 0.25) is 5.95 Å². The predicted molar refractivity (Wildman–Crippen MR) is 144 cm³/mol. The minimum atomic E-state index is -4.16. The molecule has 1 unspecified atom stereocenters. The van der Waals surface area contributed by atoms with E-state index in [1.165, 1.54) is 0 Å². The largest absolute Gasteiger partial charge is 0.389 e. The molecule has 40 heavy (non-hydrogen) atoms. The molecule has 0 spiro atoms. The van der Waals surface area contributed by atoms with Gasteiger partial charge in [0.15, 0.2) is 5.82 Å². The zero-order chi connectivity index (χ0) is 28.0. The van der Waals surface area contributed by atoms with Gasteiger partial charge in [-0.05, 0) is 50.8 Å². The number of piperidine rings is 1. The molecule has 214 valence electrons. The minimum absolute atomic E-state index is 0.0577. The number of halogens is 4. The lowest BCUT2D eigenvalue weighted by Crippen LogP contribution is -2.57. The van der Waals surface area contributed by atoms with Gasteiger partial charge >= 0.3 is 6.18 Å². The van der Waals surface area contributed by atoms with Gasteiger partial charge in [-0.1, -0.05) is 0 Å². The van der Waals surface area contributed by atoms with Crippen LogP contribution in [0.5, 0.6) is 0 Å². The van der Waals surface area contributed by atoms with Crippen LogP contribution in [0.15, 0.2) is 29.4 Å². The lowest BCUT2D eigenvalue weighted by molar-refractivity contribution is -0.135. The third kappa shape index (κ3) is 5.49. The second-order valence-electron chi connectivity index (χ2n) is 10.9. The molecule has 3 atom stereocenters. The van der Waals surface area contributed by atoms with Gasteiger partial charge in [-0.25, -0.2) is 8.91 Å². The van der Waals surface area contributed by atoms with Crippen molar-refractivity contribution in [3.8, 4) is 11.3 Å². The number of alkyl halides is 4. The molecule has 3 N–H and O–H groups in total. The average molecular weight is 561 g/mol. The van der Waals surface area contributed by atoms with Crippen LogP contribution < -0.4 is 11.1 Å². The van der Waals surface area contributed by atoms with E-state index in [9.17, 15) is 17.6 Å². The van der Waals surface area contributed by atoms with Crippen molar-refractivity contribution in [3.63, 3.8) is 0 Å². The fourth-order valence-corrected chi connectivity index (χ4v) is 5.76. The molecule has 2 fully saturated rings. The summed E-state index contributed by atoms with van der Waals surface area (Å²) in [5.74, 6) is 0.402. The van der Waals surface area contributed by atoms with Crippen LogP contribution in [0.1, 0.15) is 38.3 Å². The molecule has 3 aromatic heterocycles. The van der Waals surface area contributed by atoms with Crippen molar-refractivity contribution in [2.24, 2.45) is 10.9 Å². The molecule has 6 rings (SSSR count). The zero-order valence-corrected chi connectivity index (χ0v) is 22.2. The fourth-order valence-electron chi connectivity index (χ4n) is 5.76. The van der Waals surface area contributed by atoms with Gasteiger partial charge in [-0.15, -0.1) is 5.10 Å². The highest BCUT2D eigenvalue weighted by molar-refractivity contribution is 5.90. The smallest absolute Gasteiger partial charge is 0.382 e. The van der Waals surface area contributed by atoms with E-state index in [4.69, 9.17) is 15.5 Å². The molecule has 3 aliphatic rings. The van der Waals surface area contributed by atoms with Crippen molar-refractivity contribution in [1.29, 1.82) is 0 Å². The van der Waals surface area contributed by atoms with Crippen molar-refractivity contribution >= 4 is 28.7 Å². The monoisotopic (exact) mass is 560 g/mol. The van der Waals surface area contributed by atoms with Crippen LogP contribution in [0.2, 0.25) is 0 Å². The quantitative estimate of drug-likeness (QED) is 0.407. The lowest BCUT2D eigenvalue weighted by Gasteiger charge is -2.42. The Morgan fingerprint density at radius 2 is 2.00 bits per heavy atom. The Kier molecular flexibility index (Phi) is 7.11. The van der Waals surface area contributed by atoms with Crippen LogP contribution in [0.25, 0.3) is 16.8 Å². The normalized spacial score (nSPS) is 24.0. The van der Waals surface area contributed by atoms with Crippen LogP contribution in [-0.2, 0) is 11.2 Å². The van der Waals surface area contributed by atoms with E-state index < -0.39 is 24.8 Å². The maximum absolute atomic E-state index is 14.9. The first kappa shape index (κ1) is 26.9. The number of nitrogens with zero attached hydrogens (tertiary/aromatic N) is 6. The second-order valence-corrected chi connectivity index (χ2v) is 10.9. The number of nitrogens with one attached hydrogen (secondary N) is 1. The van der Waals surface area contributed by atoms with Crippen molar-refractivity contribution < 1.29 is 22.3 Å². The van der Waals surface area contributed by atoms with Crippen molar-refractivity contribution in [3.05, 3.63) is 30.1 Å². The third-order valence-corrected chi connectivity index (χ3v) is 8.13. The summed E-state index contributed by atoms with van der Waals surface area (Å²) in [6, 6.07) is 5.43. The van der Waals surface area contributed by atoms with E-state index in [1.807, 2.05) is 25.1 Å². The molecule has 0 aliphatic carbocycles. The van der Waals surface area contributed by atoms with E-state index in [2.05, 4.69) is 25.3 Å². The average Bonchev–Trinajstić information content (AvgIpc) is 3.29. The number of aromatic nitrogens is 4.